The molecule has 0 aromatic heterocycles. The maximum atomic E-state index is 13.3. The van der Waals surface area contributed by atoms with Gasteiger partial charge in [-0.1, -0.05) is 24.3 Å². The van der Waals surface area contributed by atoms with Crippen LogP contribution in [0.15, 0.2) is 53.4 Å². The van der Waals surface area contributed by atoms with Gasteiger partial charge in [-0.25, -0.2) is 17.6 Å². The van der Waals surface area contributed by atoms with E-state index in [0.29, 0.717) is 13.0 Å². The molecule has 152 valence electrons. The first-order valence-electron chi connectivity index (χ1n) is 8.98. The lowest BCUT2D eigenvalue weighted by molar-refractivity contribution is 0.0526. The Bertz CT molecular complexity index is 901. The fraction of sp³-hybridized carbons (Fsp3) is 0.381. The van der Waals surface area contributed by atoms with Crippen molar-refractivity contribution in [2.24, 2.45) is 0 Å². The van der Waals surface area contributed by atoms with Gasteiger partial charge < -0.3 is 10.1 Å². The lowest BCUT2D eigenvalue weighted by atomic mass is 9.88. The summed E-state index contributed by atoms with van der Waals surface area (Å²) in [5.74, 6) is -0.467. The highest BCUT2D eigenvalue weighted by molar-refractivity contribution is 7.90. The highest BCUT2D eigenvalue weighted by Crippen LogP contribution is 2.29. The molecule has 2 aromatic carbocycles. The zero-order valence-corrected chi connectivity index (χ0v) is 17.3. The van der Waals surface area contributed by atoms with E-state index in [1.807, 2.05) is 0 Å². The van der Waals surface area contributed by atoms with E-state index in [2.05, 4.69) is 5.32 Å². The summed E-state index contributed by atoms with van der Waals surface area (Å²) in [7, 11) is -3.28. The van der Waals surface area contributed by atoms with E-state index in [1.54, 1.807) is 57.2 Å². The van der Waals surface area contributed by atoms with Gasteiger partial charge in [-0.2, -0.15) is 0 Å². The summed E-state index contributed by atoms with van der Waals surface area (Å²) in [6.45, 7) is 5.72. The van der Waals surface area contributed by atoms with Crippen LogP contribution in [0.25, 0.3) is 0 Å². The van der Waals surface area contributed by atoms with Crippen LogP contribution in [0.1, 0.15) is 44.2 Å². The van der Waals surface area contributed by atoms with Crippen LogP contribution in [-0.4, -0.2) is 32.9 Å². The molecule has 0 fully saturated rings. The van der Waals surface area contributed by atoms with Crippen molar-refractivity contribution in [3.05, 3.63) is 65.5 Å². The van der Waals surface area contributed by atoms with E-state index in [1.165, 1.54) is 12.1 Å². The van der Waals surface area contributed by atoms with Gasteiger partial charge in [-0.05, 0) is 62.6 Å². The smallest absolute Gasteiger partial charge is 0.407 e. The maximum absolute atomic E-state index is 13.3. The third-order valence-electron chi connectivity index (χ3n) is 4.08. The summed E-state index contributed by atoms with van der Waals surface area (Å²) >= 11 is 0. The Kier molecular flexibility index (Phi) is 6.82. The molecule has 28 heavy (non-hydrogen) atoms. The molecule has 0 aliphatic rings. The maximum Gasteiger partial charge on any atom is 0.407 e. The third kappa shape index (κ3) is 6.64. The predicted molar refractivity (Wildman–Crippen MR) is 107 cm³/mol. The van der Waals surface area contributed by atoms with Crippen LogP contribution in [0.4, 0.5) is 9.18 Å². The second-order valence-corrected chi connectivity index (χ2v) is 9.68. The largest absolute Gasteiger partial charge is 0.444 e. The van der Waals surface area contributed by atoms with Gasteiger partial charge in [0.15, 0.2) is 9.84 Å². The van der Waals surface area contributed by atoms with Gasteiger partial charge >= 0.3 is 6.09 Å². The monoisotopic (exact) mass is 407 g/mol. The van der Waals surface area contributed by atoms with E-state index in [4.69, 9.17) is 4.74 Å². The van der Waals surface area contributed by atoms with Crippen LogP contribution in [0, 0.1) is 5.82 Å². The number of halogens is 1. The molecule has 0 heterocycles. The SMILES string of the molecule is CC(C)(C)OC(=O)NCCC(c1ccc(F)cc1)c1ccc(S(C)(=O)=O)cc1. The quantitative estimate of drug-likeness (QED) is 0.776. The van der Waals surface area contributed by atoms with E-state index in [-0.39, 0.29) is 16.6 Å². The molecule has 0 saturated carbocycles. The van der Waals surface area contributed by atoms with Gasteiger partial charge in [0.05, 0.1) is 4.90 Å². The standard InChI is InChI=1S/C21H26FNO4S/c1-21(2,3)27-20(24)23-14-13-19(15-5-9-17(22)10-6-15)16-7-11-18(12-8-16)28(4,25)26/h5-12,19H,13-14H2,1-4H3,(H,23,24). The molecular formula is C21H26FNO4S. The molecule has 1 unspecified atom stereocenters. The van der Waals surface area contributed by atoms with E-state index >= 15 is 0 Å². The van der Waals surface area contributed by atoms with Crippen LogP contribution >= 0.6 is 0 Å². The normalized spacial score (nSPS) is 13.0. The number of rotatable bonds is 6. The summed E-state index contributed by atoms with van der Waals surface area (Å²) < 4.78 is 41.9. The Hall–Kier alpha value is -2.41. The lowest BCUT2D eigenvalue weighted by Crippen LogP contribution is -2.33. The second-order valence-electron chi connectivity index (χ2n) is 7.66. The molecule has 5 nitrogen and oxygen atoms in total. The van der Waals surface area contributed by atoms with Crippen LogP contribution < -0.4 is 5.32 Å². The fourth-order valence-electron chi connectivity index (χ4n) is 2.80. The number of hydrogen-bond acceptors (Lipinski definition) is 4. The van der Waals surface area contributed by atoms with Gasteiger partial charge in [0, 0.05) is 18.7 Å². The molecule has 0 aliphatic carbocycles. The minimum Gasteiger partial charge on any atom is -0.444 e. The number of nitrogens with one attached hydrogen (secondary N) is 1. The minimum atomic E-state index is -3.28. The summed E-state index contributed by atoms with van der Waals surface area (Å²) in [4.78, 5) is 12.1. The molecular weight excluding hydrogens is 381 g/mol. The van der Waals surface area contributed by atoms with Gasteiger partial charge in [0.2, 0.25) is 0 Å². The van der Waals surface area contributed by atoms with Crippen molar-refractivity contribution in [1.82, 2.24) is 5.32 Å². The Morgan fingerprint density at radius 1 is 1.04 bits per heavy atom. The van der Waals surface area contributed by atoms with Crippen molar-refractivity contribution < 1.29 is 22.3 Å². The molecule has 0 saturated heterocycles. The van der Waals surface area contributed by atoms with E-state index < -0.39 is 21.5 Å². The van der Waals surface area contributed by atoms with Crippen molar-refractivity contribution in [3.8, 4) is 0 Å². The first-order chi connectivity index (χ1) is 13.0. The van der Waals surface area contributed by atoms with Crippen molar-refractivity contribution in [2.75, 3.05) is 12.8 Å². The van der Waals surface area contributed by atoms with Crippen molar-refractivity contribution >= 4 is 15.9 Å². The van der Waals surface area contributed by atoms with Crippen LogP contribution in [-0.2, 0) is 14.6 Å². The summed E-state index contributed by atoms with van der Waals surface area (Å²) in [5.41, 5.74) is 1.17. The molecule has 2 aromatic rings. The number of hydrogen-bond donors (Lipinski definition) is 1. The lowest BCUT2D eigenvalue weighted by Gasteiger charge is -2.21. The number of carbonyl (C=O) groups excluding carboxylic acids is 1. The zero-order chi connectivity index (χ0) is 20.9. The molecule has 0 radical (unpaired) electrons. The predicted octanol–water partition coefficient (Wildman–Crippen LogP) is 4.28. The molecule has 0 spiro atoms. The minimum absolute atomic E-state index is 0.135. The van der Waals surface area contributed by atoms with Gasteiger partial charge in [-0.3, -0.25) is 0 Å². The molecule has 0 aliphatic heterocycles. The van der Waals surface area contributed by atoms with Gasteiger partial charge in [0.1, 0.15) is 11.4 Å². The molecule has 1 amide bonds. The average Bonchev–Trinajstić information content (AvgIpc) is 2.58. The van der Waals surface area contributed by atoms with Crippen LogP contribution in [0.5, 0.6) is 0 Å². The fourth-order valence-corrected chi connectivity index (χ4v) is 3.43. The zero-order valence-electron chi connectivity index (χ0n) is 16.5. The number of amides is 1. The summed E-state index contributed by atoms with van der Waals surface area (Å²) in [6, 6.07) is 12.8. The van der Waals surface area contributed by atoms with E-state index in [0.717, 1.165) is 17.4 Å². The number of carbonyl (C=O) groups is 1. The number of alkyl carbamates (subject to hydrolysis) is 1. The number of benzene rings is 2. The van der Waals surface area contributed by atoms with Gasteiger partial charge in [0.25, 0.3) is 0 Å². The summed E-state index contributed by atoms with van der Waals surface area (Å²) in [5, 5.41) is 2.73. The summed E-state index contributed by atoms with van der Waals surface area (Å²) in [6.07, 6.45) is 1.20. The van der Waals surface area contributed by atoms with Crippen molar-refractivity contribution in [1.29, 1.82) is 0 Å². The Morgan fingerprint density at radius 2 is 1.54 bits per heavy atom. The van der Waals surface area contributed by atoms with Crippen LogP contribution in [0.3, 0.4) is 0 Å². The Morgan fingerprint density at radius 3 is 2.00 bits per heavy atom. The van der Waals surface area contributed by atoms with Crippen molar-refractivity contribution in [3.63, 3.8) is 0 Å². The molecule has 7 heteroatoms. The molecule has 1 atom stereocenters. The third-order valence-corrected chi connectivity index (χ3v) is 5.21. The van der Waals surface area contributed by atoms with E-state index in [9.17, 15) is 17.6 Å². The van der Waals surface area contributed by atoms with Crippen LogP contribution in [0.2, 0.25) is 0 Å². The number of sulfone groups is 1. The molecule has 0 bridgehead atoms. The highest BCUT2D eigenvalue weighted by atomic mass is 32.2. The second kappa shape index (κ2) is 8.73. The topological polar surface area (TPSA) is 72.5 Å². The highest BCUT2D eigenvalue weighted by Gasteiger charge is 2.18. The first kappa shape index (κ1) is 21.9. The first-order valence-corrected chi connectivity index (χ1v) is 10.9. The molecule has 2 rings (SSSR count). The number of ether oxygens (including phenoxy) is 1. The molecule has 1 N–H and O–H groups in total. The average molecular weight is 408 g/mol. The van der Waals surface area contributed by atoms with Crippen molar-refractivity contribution in [2.45, 2.75) is 43.6 Å². The Labute approximate surface area is 165 Å². The Balaban J connectivity index is 2.18. The van der Waals surface area contributed by atoms with Gasteiger partial charge in [-0.15, -0.1) is 0 Å².